The second-order valence-electron chi connectivity index (χ2n) is 5.88. The van der Waals surface area contributed by atoms with Crippen molar-refractivity contribution in [3.8, 4) is 21.9 Å². The summed E-state index contributed by atoms with van der Waals surface area (Å²) in [6, 6.07) is 7.08. The first-order valence-electron chi connectivity index (χ1n) is 8.72. The lowest BCUT2D eigenvalue weighted by Crippen LogP contribution is -2.21. The van der Waals surface area contributed by atoms with E-state index < -0.39 is 30.2 Å². The quantitative estimate of drug-likeness (QED) is 0.470. The van der Waals surface area contributed by atoms with Crippen LogP contribution in [0, 0.1) is 0 Å². The molecule has 156 valence electrons. The van der Waals surface area contributed by atoms with Gasteiger partial charge in [0.15, 0.2) is 6.61 Å². The highest BCUT2D eigenvalue weighted by molar-refractivity contribution is 7.17. The molecule has 0 radical (unpaired) electrons. The van der Waals surface area contributed by atoms with E-state index in [9.17, 15) is 24.6 Å². The summed E-state index contributed by atoms with van der Waals surface area (Å²) in [5, 5.41) is 25.4. The minimum atomic E-state index is -0.932. The summed E-state index contributed by atoms with van der Waals surface area (Å²) in [5.74, 6) is -2.84. The van der Waals surface area contributed by atoms with Crippen LogP contribution in [0.1, 0.15) is 27.6 Å². The van der Waals surface area contributed by atoms with Gasteiger partial charge in [-0.3, -0.25) is 4.79 Å². The molecule has 10 heteroatoms. The fourth-order valence-corrected chi connectivity index (χ4v) is 4.32. The number of nitrogens with one attached hydrogen (secondary N) is 1. The molecule has 0 bridgehead atoms. The number of anilines is 1. The summed E-state index contributed by atoms with van der Waals surface area (Å²) >= 11 is 2.60. The molecule has 0 aliphatic carbocycles. The topological polar surface area (TPSA) is 122 Å². The van der Waals surface area contributed by atoms with E-state index in [0.717, 1.165) is 22.3 Å². The van der Waals surface area contributed by atoms with Crippen LogP contribution in [0.2, 0.25) is 0 Å². The number of esters is 2. The number of phenolic OH excluding ortho intramolecular Hbond substituents is 2. The number of hydrogen-bond donors (Lipinski definition) is 3. The van der Waals surface area contributed by atoms with Gasteiger partial charge in [0.05, 0.1) is 6.61 Å². The molecule has 2 aromatic heterocycles. The van der Waals surface area contributed by atoms with Gasteiger partial charge in [-0.2, -0.15) is 0 Å². The third kappa shape index (κ3) is 4.78. The number of carbonyl (C=O) groups is 3. The molecule has 0 spiro atoms. The molecule has 0 saturated carbocycles. The molecule has 2 heterocycles. The molecular weight excluding hydrogens is 430 g/mol. The van der Waals surface area contributed by atoms with Gasteiger partial charge in [-0.15, -0.1) is 22.7 Å². The molecule has 1 amide bonds. The maximum atomic E-state index is 12.4. The van der Waals surface area contributed by atoms with Crippen LogP contribution in [0.15, 0.2) is 41.1 Å². The highest BCUT2D eigenvalue weighted by Gasteiger charge is 2.24. The van der Waals surface area contributed by atoms with Gasteiger partial charge in [0.25, 0.3) is 5.91 Å². The normalized spacial score (nSPS) is 10.4. The smallest absolute Gasteiger partial charge is 0.342 e. The molecule has 8 nitrogen and oxygen atoms in total. The number of amides is 1. The van der Waals surface area contributed by atoms with Crippen molar-refractivity contribution in [2.75, 3.05) is 18.5 Å². The number of ether oxygens (including phenoxy) is 2. The van der Waals surface area contributed by atoms with Crippen molar-refractivity contribution in [1.29, 1.82) is 0 Å². The summed E-state index contributed by atoms with van der Waals surface area (Å²) in [4.78, 5) is 37.6. The molecule has 1 aromatic carbocycles. The molecule has 0 unspecified atom stereocenters. The third-order valence-electron chi connectivity index (χ3n) is 3.85. The molecule has 3 aromatic rings. The van der Waals surface area contributed by atoms with Gasteiger partial charge in [-0.1, -0.05) is 6.07 Å². The van der Waals surface area contributed by atoms with Gasteiger partial charge in [0, 0.05) is 21.9 Å². The van der Waals surface area contributed by atoms with Crippen LogP contribution in [0.4, 0.5) is 5.00 Å². The van der Waals surface area contributed by atoms with Crippen LogP contribution in [-0.4, -0.2) is 41.3 Å². The van der Waals surface area contributed by atoms with Crippen LogP contribution in [0.3, 0.4) is 0 Å². The zero-order valence-electron chi connectivity index (χ0n) is 15.7. The van der Waals surface area contributed by atoms with E-state index in [1.54, 1.807) is 12.3 Å². The summed E-state index contributed by atoms with van der Waals surface area (Å²) < 4.78 is 10.0. The Hall–Kier alpha value is -3.37. The molecule has 0 aliphatic heterocycles. The molecule has 0 saturated heterocycles. The molecule has 3 rings (SSSR count). The maximum Gasteiger partial charge on any atom is 0.342 e. The lowest BCUT2D eigenvalue weighted by Gasteiger charge is -2.09. The number of hydrogen-bond acceptors (Lipinski definition) is 9. The number of phenols is 2. The van der Waals surface area contributed by atoms with Crippen LogP contribution < -0.4 is 5.32 Å². The average molecular weight is 447 g/mol. The van der Waals surface area contributed by atoms with Crippen molar-refractivity contribution in [3.05, 3.63) is 52.2 Å². The van der Waals surface area contributed by atoms with Crippen LogP contribution >= 0.6 is 22.7 Å². The molecule has 0 fully saturated rings. The number of aromatic hydroxyl groups is 2. The zero-order valence-corrected chi connectivity index (χ0v) is 17.3. The van der Waals surface area contributed by atoms with E-state index in [1.807, 2.05) is 17.5 Å². The van der Waals surface area contributed by atoms with Crippen LogP contribution in [0.5, 0.6) is 11.5 Å². The van der Waals surface area contributed by atoms with Crippen molar-refractivity contribution in [2.24, 2.45) is 0 Å². The second-order valence-corrected chi connectivity index (χ2v) is 7.70. The fraction of sp³-hybridized carbons (Fsp3) is 0.150. The third-order valence-corrected chi connectivity index (χ3v) is 5.64. The van der Waals surface area contributed by atoms with E-state index in [0.29, 0.717) is 5.56 Å². The zero-order chi connectivity index (χ0) is 21.7. The Morgan fingerprint density at radius 3 is 2.53 bits per heavy atom. The van der Waals surface area contributed by atoms with Crippen molar-refractivity contribution in [3.63, 3.8) is 0 Å². The molecular formula is C20H17NO7S2. The molecule has 3 N–H and O–H groups in total. The SMILES string of the molecule is CCOC(=O)c1c(-c2cccs2)csc1NC(=O)COC(=O)c1ccc(O)cc1O. The number of thiophene rings is 2. The fourth-order valence-electron chi connectivity index (χ4n) is 2.53. The highest BCUT2D eigenvalue weighted by Crippen LogP contribution is 2.38. The average Bonchev–Trinajstić information content (AvgIpc) is 3.36. The Kier molecular flexibility index (Phi) is 6.70. The van der Waals surface area contributed by atoms with Crippen molar-refractivity contribution < 1.29 is 34.1 Å². The Bertz CT molecular complexity index is 1070. The Labute approximate surface area is 179 Å². The summed E-state index contributed by atoms with van der Waals surface area (Å²) in [6.07, 6.45) is 0. The monoisotopic (exact) mass is 447 g/mol. The largest absolute Gasteiger partial charge is 0.508 e. The first-order chi connectivity index (χ1) is 14.4. The Morgan fingerprint density at radius 1 is 1.07 bits per heavy atom. The summed E-state index contributed by atoms with van der Waals surface area (Å²) in [6.45, 7) is 1.23. The van der Waals surface area contributed by atoms with E-state index in [1.165, 1.54) is 23.5 Å². The number of benzene rings is 1. The molecule has 0 aliphatic rings. The van der Waals surface area contributed by atoms with Gasteiger partial charge in [0.2, 0.25) is 0 Å². The van der Waals surface area contributed by atoms with Gasteiger partial charge in [-0.05, 0) is 30.5 Å². The van der Waals surface area contributed by atoms with Crippen LogP contribution in [-0.2, 0) is 14.3 Å². The van der Waals surface area contributed by atoms with Crippen molar-refractivity contribution >= 4 is 45.5 Å². The minimum Gasteiger partial charge on any atom is -0.508 e. The predicted octanol–water partition coefficient (Wildman–Crippen LogP) is 3.86. The first kappa shape index (κ1) is 21.3. The Morgan fingerprint density at radius 2 is 1.87 bits per heavy atom. The van der Waals surface area contributed by atoms with Crippen LogP contribution in [0.25, 0.3) is 10.4 Å². The lowest BCUT2D eigenvalue weighted by molar-refractivity contribution is -0.119. The number of carbonyl (C=O) groups excluding carboxylic acids is 3. The van der Waals surface area contributed by atoms with Crippen molar-refractivity contribution in [1.82, 2.24) is 0 Å². The number of rotatable bonds is 7. The summed E-state index contributed by atoms with van der Waals surface area (Å²) in [5.41, 5.74) is 0.693. The van der Waals surface area contributed by atoms with E-state index in [-0.39, 0.29) is 28.5 Å². The van der Waals surface area contributed by atoms with Gasteiger partial charge in [0.1, 0.15) is 27.6 Å². The van der Waals surface area contributed by atoms with Gasteiger partial charge < -0.3 is 25.0 Å². The predicted molar refractivity (Wildman–Crippen MR) is 112 cm³/mol. The standard InChI is InChI=1S/C20H17NO7S2/c1-2-27-20(26)17-13(15-4-3-7-29-15)10-30-18(17)21-16(24)9-28-19(25)12-6-5-11(22)8-14(12)23/h3-8,10,22-23H,2,9H2,1H3,(H,21,24). The first-order valence-corrected chi connectivity index (χ1v) is 10.5. The summed E-state index contributed by atoms with van der Waals surface area (Å²) in [7, 11) is 0. The maximum absolute atomic E-state index is 12.4. The van der Waals surface area contributed by atoms with Gasteiger partial charge in [-0.25, -0.2) is 9.59 Å². The van der Waals surface area contributed by atoms with Crippen molar-refractivity contribution in [2.45, 2.75) is 6.92 Å². The molecule has 0 atom stereocenters. The van der Waals surface area contributed by atoms with E-state index in [4.69, 9.17) is 9.47 Å². The Balaban J connectivity index is 1.72. The minimum absolute atomic E-state index is 0.180. The highest BCUT2D eigenvalue weighted by atomic mass is 32.1. The van der Waals surface area contributed by atoms with E-state index in [2.05, 4.69) is 5.32 Å². The van der Waals surface area contributed by atoms with Gasteiger partial charge >= 0.3 is 11.9 Å². The van der Waals surface area contributed by atoms with E-state index >= 15 is 0 Å². The molecule has 30 heavy (non-hydrogen) atoms. The lowest BCUT2D eigenvalue weighted by atomic mass is 10.1. The second kappa shape index (κ2) is 9.42.